The van der Waals surface area contributed by atoms with E-state index in [9.17, 15) is 4.79 Å². The maximum atomic E-state index is 12.1. The summed E-state index contributed by atoms with van der Waals surface area (Å²) >= 11 is 1.39. The van der Waals surface area contributed by atoms with E-state index >= 15 is 0 Å². The largest absolute Gasteiger partial charge is 0.360 e. The van der Waals surface area contributed by atoms with Crippen LogP contribution in [-0.2, 0) is 4.79 Å². The van der Waals surface area contributed by atoms with Gasteiger partial charge in [0.15, 0.2) is 0 Å². The van der Waals surface area contributed by atoms with E-state index in [0.29, 0.717) is 16.4 Å². The molecular weight excluding hydrogens is 274 g/mol. The number of amides is 1. The third-order valence-electron chi connectivity index (χ3n) is 3.23. The molecule has 1 fully saturated rings. The van der Waals surface area contributed by atoms with Gasteiger partial charge in [0, 0.05) is 13.1 Å². The maximum Gasteiger partial charge on any atom is 0.241 e. The van der Waals surface area contributed by atoms with Crippen LogP contribution in [0.2, 0.25) is 0 Å². The summed E-state index contributed by atoms with van der Waals surface area (Å²) in [6, 6.07) is 2.09. The van der Waals surface area contributed by atoms with E-state index in [1.807, 2.05) is 11.2 Å². The Morgan fingerprint density at radius 3 is 2.85 bits per heavy atom. The molecule has 1 N–H and O–H groups in total. The lowest BCUT2D eigenvalue weighted by atomic mass is 10.1. The molecule has 0 radical (unpaired) electrons. The predicted octanol–water partition coefficient (Wildman–Crippen LogP) is 1.49. The Kier molecular flexibility index (Phi) is 5.18. The lowest BCUT2D eigenvalue weighted by Gasteiger charge is -2.26. The zero-order valence-corrected chi connectivity index (χ0v) is 12.2. The smallest absolute Gasteiger partial charge is 0.241 e. The van der Waals surface area contributed by atoms with Gasteiger partial charge < -0.3 is 10.2 Å². The molecule has 6 nitrogen and oxygen atoms in total. The highest BCUT2D eigenvalue weighted by Gasteiger charge is 2.17. The highest BCUT2D eigenvalue weighted by molar-refractivity contribution is 7.98. The number of nitriles is 1. The third kappa shape index (κ3) is 3.39. The summed E-state index contributed by atoms with van der Waals surface area (Å²) in [5.41, 5.74) is 0.395. The highest BCUT2D eigenvalue weighted by Crippen LogP contribution is 2.21. The summed E-state index contributed by atoms with van der Waals surface area (Å²) in [7, 11) is 0. The van der Waals surface area contributed by atoms with Gasteiger partial charge in [-0.25, -0.2) is 9.97 Å². The molecule has 1 saturated heterocycles. The number of piperidine rings is 1. The van der Waals surface area contributed by atoms with E-state index in [-0.39, 0.29) is 12.5 Å². The molecular formula is C13H17N5OS. The second-order valence-corrected chi connectivity index (χ2v) is 5.31. The Morgan fingerprint density at radius 2 is 2.20 bits per heavy atom. The first kappa shape index (κ1) is 14.6. The van der Waals surface area contributed by atoms with Gasteiger partial charge >= 0.3 is 0 Å². The fraction of sp³-hybridized carbons (Fsp3) is 0.538. The SMILES string of the molecule is CSc1ncnc(NCC(=O)N2CCCCC2)c1C#N. The average Bonchev–Trinajstić information content (AvgIpc) is 2.52. The summed E-state index contributed by atoms with van der Waals surface area (Å²) in [4.78, 5) is 22.0. The Morgan fingerprint density at radius 1 is 1.45 bits per heavy atom. The first-order chi connectivity index (χ1) is 9.76. The second-order valence-electron chi connectivity index (χ2n) is 4.51. The zero-order chi connectivity index (χ0) is 14.4. The lowest BCUT2D eigenvalue weighted by molar-refractivity contribution is -0.130. The summed E-state index contributed by atoms with van der Waals surface area (Å²) in [6.07, 6.45) is 6.59. The van der Waals surface area contributed by atoms with Crippen molar-refractivity contribution in [2.45, 2.75) is 24.3 Å². The Labute approximate surface area is 122 Å². The van der Waals surface area contributed by atoms with Gasteiger partial charge in [-0.1, -0.05) is 0 Å². The number of carbonyl (C=O) groups excluding carboxylic acids is 1. The fourth-order valence-electron chi connectivity index (χ4n) is 2.17. The highest BCUT2D eigenvalue weighted by atomic mass is 32.2. The van der Waals surface area contributed by atoms with Crippen LogP contribution >= 0.6 is 11.8 Å². The van der Waals surface area contributed by atoms with E-state index in [4.69, 9.17) is 5.26 Å². The summed E-state index contributed by atoms with van der Waals surface area (Å²) < 4.78 is 0. The Bertz CT molecular complexity index is 522. The summed E-state index contributed by atoms with van der Waals surface area (Å²) in [5.74, 6) is 0.482. The lowest BCUT2D eigenvalue weighted by Crippen LogP contribution is -2.39. The van der Waals surface area contributed by atoms with Crippen molar-refractivity contribution in [3.8, 4) is 6.07 Å². The van der Waals surface area contributed by atoms with E-state index in [0.717, 1.165) is 25.9 Å². The average molecular weight is 291 g/mol. The van der Waals surface area contributed by atoms with Crippen LogP contribution in [0.1, 0.15) is 24.8 Å². The quantitative estimate of drug-likeness (QED) is 0.668. The predicted molar refractivity (Wildman–Crippen MR) is 77.4 cm³/mol. The molecule has 0 unspecified atom stereocenters. The van der Waals surface area contributed by atoms with Crippen LogP contribution < -0.4 is 5.32 Å². The van der Waals surface area contributed by atoms with Gasteiger partial charge in [0.25, 0.3) is 0 Å². The molecule has 7 heteroatoms. The van der Waals surface area contributed by atoms with Crippen LogP contribution in [0.4, 0.5) is 5.82 Å². The van der Waals surface area contributed by atoms with Gasteiger partial charge in [0.1, 0.15) is 28.8 Å². The molecule has 0 atom stereocenters. The van der Waals surface area contributed by atoms with Crippen molar-refractivity contribution in [2.75, 3.05) is 31.2 Å². The molecule has 1 aromatic heterocycles. The minimum atomic E-state index is 0.0536. The van der Waals surface area contributed by atoms with Crippen molar-refractivity contribution in [1.82, 2.24) is 14.9 Å². The number of rotatable bonds is 4. The first-order valence-corrected chi connectivity index (χ1v) is 7.79. The molecule has 0 aliphatic carbocycles. The number of thioether (sulfide) groups is 1. The molecule has 1 aliphatic rings. The van der Waals surface area contributed by atoms with Crippen LogP contribution in [0.5, 0.6) is 0 Å². The van der Waals surface area contributed by atoms with Gasteiger partial charge in [-0.05, 0) is 25.5 Å². The Hall–Kier alpha value is -1.81. The van der Waals surface area contributed by atoms with Crippen LogP contribution in [0.25, 0.3) is 0 Å². The van der Waals surface area contributed by atoms with Crippen molar-refractivity contribution in [3.63, 3.8) is 0 Å². The molecule has 20 heavy (non-hydrogen) atoms. The van der Waals surface area contributed by atoms with Crippen LogP contribution in [0.3, 0.4) is 0 Å². The molecule has 0 bridgehead atoms. The van der Waals surface area contributed by atoms with E-state index in [2.05, 4.69) is 21.4 Å². The van der Waals surface area contributed by atoms with Gasteiger partial charge in [-0.15, -0.1) is 11.8 Å². The maximum absolute atomic E-state index is 12.1. The minimum Gasteiger partial charge on any atom is -0.360 e. The van der Waals surface area contributed by atoms with Gasteiger partial charge in [0.2, 0.25) is 5.91 Å². The van der Waals surface area contributed by atoms with Gasteiger partial charge in [-0.2, -0.15) is 5.26 Å². The van der Waals surface area contributed by atoms with Gasteiger partial charge in [-0.3, -0.25) is 4.79 Å². The number of carbonyl (C=O) groups is 1. The fourth-order valence-corrected chi connectivity index (χ4v) is 2.67. The van der Waals surface area contributed by atoms with E-state index in [1.165, 1.54) is 24.5 Å². The van der Waals surface area contributed by atoms with Crippen LogP contribution in [0.15, 0.2) is 11.4 Å². The molecule has 1 aliphatic heterocycles. The van der Waals surface area contributed by atoms with Crippen molar-refractivity contribution in [2.24, 2.45) is 0 Å². The van der Waals surface area contributed by atoms with Crippen LogP contribution in [0, 0.1) is 11.3 Å². The second kappa shape index (κ2) is 7.10. The van der Waals surface area contributed by atoms with E-state index in [1.54, 1.807) is 0 Å². The third-order valence-corrected chi connectivity index (χ3v) is 3.93. The molecule has 106 valence electrons. The number of aromatic nitrogens is 2. The van der Waals surface area contributed by atoms with Crippen molar-refractivity contribution >= 4 is 23.5 Å². The van der Waals surface area contributed by atoms with Gasteiger partial charge in [0.05, 0.1) is 6.54 Å². The van der Waals surface area contributed by atoms with Crippen molar-refractivity contribution in [1.29, 1.82) is 5.26 Å². The Balaban J connectivity index is 2.00. The standard InChI is InChI=1S/C13H17N5OS/c1-20-13-10(7-14)12(16-9-17-13)15-8-11(19)18-5-3-2-4-6-18/h9H,2-6,8H2,1H3,(H,15,16,17). The summed E-state index contributed by atoms with van der Waals surface area (Å²) in [6.45, 7) is 1.82. The molecule has 0 aromatic carbocycles. The molecule has 2 rings (SSSR count). The first-order valence-electron chi connectivity index (χ1n) is 6.57. The summed E-state index contributed by atoms with van der Waals surface area (Å²) in [5, 5.41) is 12.7. The minimum absolute atomic E-state index is 0.0536. The monoisotopic (exact) mass is 291 g/mol. The number of hydrogen-bond acceptors (Lipinski definition) is 6. The van der Waals surface area contributed by atoms with E-state index < -0.39 is 0 Å². The number of likely N-dealkylation sites (tertiary alicyclic amines) is 1. The number of anilines is 1. The molecule has 0 saturated carbocycles. The van der Waals surface area contributed by atoms with Crippen molar-refractivity contribution in [3.05, 3.63) is 11.9 Å². The number of hydrogen-bond donors (Lipinski definition) is 1. The molecule has 2 heterocycles. The number of nitrogens with one attached hydrogen (secondary N) is 1. The topological polar surface area (TPSA) is 81.9 Å². The molecule has 1 amide bonds. The zero-order valence-electron chi connectivity index (χ0n) is 11.4. The molecule has 0 spiro atoms. The normalized spacial score (nSPS) is 14.7. The van der Waals surface area contributed by atoms with Crippen LogP contribution in [-0.4, -0.2) is 46.7 Å². The number of nitrogens with zero attached hydrogens (tertiary/aromatic N) is 4. The van der Waals surface area contributed by atoms with Crippen molar-refractivity contribution < 1.29 is 4.79 Å². The molecule has 1 aromatic rings.